The molecular formula is C53H62ClN9O5. The third-order valence-corrected chi connectivity index (χ3v) is 15.8. The van der Waals surface area contributed by atoms with Gasteiger partial charge in [-0.1, -0.05) is 43.6 Å². The van der Waals surface area contributed by atoms with Gasteiger partial charge in [0.15, 0.2) is 0 Å². The smallest absolute Gasteiger partial charge is 0.261 e. The van der Waals surface area contributed by atoms with E-state index >= 15 is 0 Å². The lowest BCUT2D eigenvalue weighted by Crippen LogP contribution is -2.59. The number of piperidine rings is 3. The molecule has 14 nitrogen and oxygen atoms in total. The van der Waals surface area contributed by atoms with Crippen LogP contribution in [0, 0.1) is 29.6 Å². The van der Waals surface area contributed by atoms with Gasteiger partial charge in [-0.05, 0) is 142 Å². The number of ether oxygens (including phenoxy) is 1. The van der Waals surface area contributed by atoms with E-state index in [1.807, 2.05) is 61.7 Å². The lowest BCUT2D eigenvalue weighted by atomic mass is 9.60. The van der Waals surface area contributed by atoms with Gasteiger partial charge < -0.3 is 19.4 Å². The summed E-state index contributed by atoms with van der Waals surface area (Å²) in [7, 11) is 0. The average molecular weight is 941 g/mol. The Balaban J connectivity index is 0.686. The van der Waals surface area contributed by atoms with Gasteiger partial charge in [0.05, 0.1) is 17.3 Å². The quantitative estimate of drug-likeness (QED) is 0.110. The van der Waals surface area contributed by atoms with Crippen LogP contribution in [0.25, 0.3) is 0 Å². The molecule has 4 saturated heterocycles. The number of imide groups is 2. The van der Waals surface area contributed by atoms with Crippen molar-refractivity contribution in [3.05, 3.63) is 111 Å². The minimum atomic E-state index is -0.991. The topological polar surface area (TPSA) is 155 Å². The van der Waals surface area contributed by atoms with E-state index in [-0.39, 0.29) is 24.2 Å². The van der Waals surface area contributed by atoms with Gasteiger partial charge in [-0.15, -0.1) is 0 Å². The maximum atomic E-state index is 13.6. The maximum absolute atomic E-state index is 13.6. The van der Waals surface area contributed by atoms with E-state index in [1.165, 1.54) is 38.8 Å². The van der Waals surface area contributed by atoms with Gasteiger partial charge in [-0.3, -0.25) is 34.3 Å². The zero-order valence-electron chi connectivity index (χ0n) is 39.5. The highest BCUT2D eigenvalue weighted by atomic mass is 35.5. The fraction of sp³-hybridized carbons (Fsp3) is 0.491. The first-order valence-electron chi connectivity index (χ1n) is 24.2. The molecule has 1 saturated carbocycles. The molecular weight excluding hydrogens is 878 g/mol. The van der Waals surface area contributed by atoms with Crippen molar-refractivity contribution < 1.29 is 23.9 Å². The number of aryl methyl sites for hydroxylation is 1. The van der Waals surface area contributed by atoms with Gasteiger partial charge in [-0.25, -0.2) is 9.97 Å². The number of hydrogen-bond acceptors (Lipinski definition) is 12. The van der Waals surface area contributed by atoms with Crippen LogP contribution in [0.4, 0.5) is 11.6 Å². The van der Waals surface area contributed by atoms with Gasteiger partial charge in [0.25, 0.3) is 5.91 Å². The van der Waals surface area contributed by atoms with Crippen LogP contribution in [0.1, 0.15) is 104 Å². The molecule has 356 valence electrons. The number of carbonyl (C=O) groups excluding carboxylic acids is 4. The standard InChI is InChI=1S/C53H62ClN9O5/c1-36-4-7-43(29-46(36)50(67)63(35-64)47-10-11-48(65)58-49(47)66)60-18-13-37(14-19-60)33-59-20-15-53(16-21-59)30-44(31-53)61-22-24-62(25-23-61)51-56-17-12-42(57-51)34-68-45-8-5-39(6-9-45)52(2,3)40-26-38(32-55)27-41(54)28-40/h4-9,12,17,26-29,35,37,44,47H,10-11,13-16,18-25,30-31,33-34H2,1-3H3,(H,58,65,66). The molecule has 9 rings (SSSR count). The van der Waals surface area contributed by atoms with Gasteiger partial charge in [-0.2, -0.15) is 5.26 Å². The molecule has 1 N–H and O–H groups in total. The molecule has 5 fully saturated rings. The van der Waals surface area contributed by atoms with E-state index in [1.54, 1.807) is 6.07 Å². The number of benzene rings is 3. The highest BCUT2D eigenvalue weighted by Gasteiger charge is 2.48. The molecule has 1 unspecified atom stereocenters. The average Bonchev–Trinajstić information content (AvgIpc) is 3.34. The molecule has 3 aromatic carbocycles. The Morgan fingerprint density at radius 1 is 0.926 bits per heavy atom. The normalized spacial score (nSPS) is 20.7. The van der Waals surface area contributed by atoms with Crippen LogP contribution in [0.2, 0.25) is 5.02 Å². The number of amides is 4. The Morgan fingerprint density at radius 3 is 2.35 bits per heavy atom. The van der Waals surface area contributed by atoms with Crippen LogP contribution in [0.15, 0.2) is 72.9 Å². The number of hydrogen-bond donors (Lipinski definition) is 1. The molecule has 1 atom stereocenters. The molecule has 5 heterocycles. The third-order valence-electron chi connectivity index (χ3n) is 15.6. The van der Waals surface area contributed by atoms with Crippen molar-refractivity contribution in [1.29, 1.82) is 5.26 Å². The summed E-state index contributed by atoms with van der Waals surface area (Å²) in [5, 5.41) is 12.2. The molecule has 0 bridgehead atoms. The van der Waals surface area contributed by atoms with Crippen LogP contribution >= 0.6 is 11.6 Å². The number of anilines is 2. The van der Waals surface area contributed by atoms with Crippen molar-refractivity contribution >= 4 is 47.4 Å². The van der Waals surface area contributed by atoms with E-state index in [2.05, 4.69) is 61.9 Å². The SMILES string of the molecule is Cc1ccc(N2CCC(CN3CCC4(CC3)CC(N3CCN(c5nccc(COc6ccc(C(C)(C)c7cc(Cl)cc(C#N)c7)cc6)n5)CC3)C4)CC2)cc1C(=O)N(C=O)C1CCC(=O)NC1=O. The Hall–Kier alpha value is -5.88. The van der Waals surface area contributed by atoms with Crippen molar-refractivity contribution in [2.24, 2.45) is 11.3 Å². The molecule has 4 aliphatic heterocycles. The summed E-state index contributed by atoms with van der Waals surface area (Å²) < 4.78 is 6.17. The number of carbonyl (C=O) groups is 4. The first kappa shape index (κ1) is 47.2. The molecule has 5 aliphatic rings. The predicted molar refractivity (Wildman–Crippen MR) is 261 cm³/mol. The Kier molecular flexibility index (Phi) is 13.9. The minimum absolute atomic E-state index is 0.0899. The fourth-order valence-corrected chi connectivity index (χ4v) is 11.4. The molecule has 1 aliphatic carbocycles. The van der Waals surface area contributed by atoms with Crippen molar-refractivity contribution in [1.82, 2.24) is 30.0 Å². The second-order valence-corrected chi connectivity index (χ2v) is 20.7. The summed E-state index contributed by atoms with van der Waals surface area (Å²) in [5.74, 6) is 0.632. The zero-order valence-corrected chi connectivity index (χ0v) is 40.2. The van der Waals surface area contributed by atoms with Crippen LogP contribution in [-0.4, -0.2) is 120 Å². The Bertz CT molecular complexity index is 2550. The lowest BCUT2D eigenvalue weighted by molar-refractivity contribution is -0.139. The number of aromatic nitrogens is 2. The molecule has 0 radical (unpaired) electrons. The maximum Gasteiger partial charge on any atom is 0.261 e. The fourth-order valence-electron chi connectivity index (χ4n) is 11.2. The zero-order chi connectivity index (χ0) is 47.6. The number of nitrogens with zero attached hydrogens (tertiary/aromatic N) is 8. The molecule has 4 amide bonds. The van der Waals surface area contributed by atoms with Crippen molar-refractivity contribution in [3.8, 4) is 11.8 Å². The van der Waals surface area contributed by atoms with Gasteiger partial charge in [0.1, 0.15) is 18.4 Å². The first-order chi connectivity index (χ1) is 32.8. The summed E-state index contributed by atoms with van der Waals surface area (Å²) >= 11 is 6.32. The van der Waals surface area contributed by atoms with E-state index in [0.29, 0.717) is 46.5 Å². The number of nitriles is 1. The van der Waals surface area contributed by atoms with Gasteiger partial charge in [0.2, 0.25) is 24.2 Å². The van der Waals surface area contributed by atoms with Gasteiger partial charge >= 0.3 is 0 Å². The summed E-state index contributed by atoms with van der Waals surface area (Å²) in [4.78, 5) is 70.2. The molecule has 15 heteroatoms. The molecule has 1 aromatic heterocycles. The van der Waals surface area contributed by atoms with E-state index < -0.39 is 17.9 Å². The summed E-state index contributed by atoms with van der Waals surface area (Å²) in [6.45, 7) is 15.6. The number of halogens is 1. The van der Waals surface area contributed by atoms with Crippen molar-refractivity contribution in [3.63, 3.8) is 0 Å². The van der Waals surface area contributed by atoms with Crippen LogP contribution in [0.5, 0.6) is 5.75 Å². The number of piperazine rings is 1. The summed E-state index contributed by atoms with van der Waals surface area (Å²) in [6, 6.07) is 23.2. The van der Waals surface area contributed by atoms with Crippen LogP contribution in [0.3, 0.4) is 0 Å². The van der Waals surface area contributed by atoms with E-state index in [0.717, 1.165) is 103 Å². The van der Waals surface area contributed by atoms with Crippen molar-refractivity contribution in [2.45, 2.75) is 96.2 Å². The molecule has 68 heavy (non-hydrogen) atoms. The van der Waals surface area contributed by atoms with E-state index in [9.17, 15) is 24.4 Å². The predicted octanol–water partition coefficient (Wildman–Crippen LogP) is 6.90. The third kappa shape index (κ3) is 10.3. The number of likely N-dealkylation sites (tertiary alicyclic amines) is 1. The van der Waals surface area contributed by atoms with Crippen LogP contribution < -0.4 is 19.9 Å². The van der Waals surface area contributed by atoms with Crippen LogP contribution in [-0.2, 0) is 26.4 Å². The largest absolute Gasteiger partial charge is 0.487 e. The molecule has 1 spiro atoms. The summed E-state index contributed by atoms with van der Waals surface area (Å²) in [5.41, 5.74) is 5.69. The van der Waals surface area contributed by atoms with E-state index in [4.69, 9.17) is 21.3 Å². The summed E-state index contributed by atoms with van der Waals surface area (Å²) in [6.07, 6.45) is 9.76. The lowest BCUT2D eigenvalue weighted by Gasteiger charge is -2.56. The first-order valence-corrected chi connectivity index (χ1v) is 24.6. The van der Waals surface area contributed by atoms with Gasteiger partial charge in [0, 0.05) is 86.2 Å². The monoisotopic (exact) mass is 939 g/mol. The highest BCUT2D eigenvalue weighted by molar-refractivity contribution is 6.30. The Labute approximate surface area is 404 Å². The second-order valence-electron chi connectivity index (χ2n) is 20.2. The highest BCUT2D eigenvalue weighted by Crippen LogP contribution is 2.51. The minimum Gasteiger partial charge on any atom is -0.487 e. The molecule has 4 aromatic rings. The Morgan fingerprint density at radius 2 is 1.66 bits per heavy atom. The number of nitrogens with one attached hydrogen (secondary N) is 1. The van der Waals surface area contributed by atoms with Crippen molar-refractivity contribution in [2.75, 3.05) is 68.7 Å². The second kappa shape index (κ2) is 20.0. The number of rotatable bonds is 13.